The van der Waals surface area contributed by atoms with Crippen LogP contribution in [-0.4, -0.2) is 14.8 Å². The molecular formula is C13H15N5. The van der Waals surface area contributed by atoms with Crippen molar-refractivity contribution >= 4 is 5.69 Å². The number of nitriles is 1. The molecule has 0 spiro atoms. The van der Waals surface area contributed by atoms with Crippen molar-refractivity contribution in [2.45, 2.75) is 20.4 Å². The topological polar surface area (TPSA) is 66.5 Å². The van der Waals surface area contributed by atoms with Gasteiger partial charge in [-0.05, 0) is 26.0 Å². The molecule has 0 atom stereocenters. The smallest absolute Gasteiger partial charge is 0.140 e. The Labute approximate surface area is 106 Å². The van der Waals surface area contributed by atoms with E-state index in [1.165, 1.54) is 5.56 Å². The zero-order valence-corrected chi connectivity index (χ0v) is 10.7. The lowest BCUT2D eigenvalue weighted by Crippen LogP contribution is -2.02. The summed E-state index contributed by atoms with van der Waals surface area (Å²) in [5, 5.41) is 16.3. The molecule has 2 rings (SSSR count). The molecule has 0 amide bonds. The van der Waals surface area contributed by atoms with Gasteiger partial charge in [-0.15, -0.1) is 0 Å². The minimum Gasteiger partial charge on any atom is -0.380 e. The van der Waals surface area contributed by atoms with Crippen LogP contribution in [0.2, 0.25) is 0 Å². The minimum atomic E-state index is 0.425. The standard InChI is InChI=1S/C13H15N5/c1-9-13(10(2)18(3)17-9)8-16-12-5-4-11(6-14)15-7-12/h4-5,7,16H,8H2,1-3H3. The van der Waals surface area contributed by atoms with Gasteiger partial charge in [-0.3, -0.25) is 4.68 Å². The fraction of sp³-hybridized carbons (Fsp3) is 0.308. The molecule has 2 heterocycles. The molecule has 18 heavy (non-hydrogen) atoms. The number of pyridine rings is 1. The maximum atomic E-state index is 8.67. The van der Waals surface area contributed by atoms with Crippen LogP contribution < -0.4 is 5.32 Å². The van der Waals surface area contributed by atoms with Crippen molar-refractivity contribution in [1.29, 1.82) is 5.26 Å². The lowest BCUT2D eigenvalue weighted by molar-refractivity contribution is 0.730. The zero-order valence-electron chi connectivity index (χ0n) is 10.7. The van der Waals surface area contributed by atoms with Crippen LogP contribution in [0.3, 0.4) is 0 Å². The minimum absolute atomic E-state index is 0.425. The van der Waals surface area contributed by atoms with E-state index in [-0.39, 0.29) is 0 Å². The number of nitrogens with one attached hydrogen (secondary N) is 1. The van der Waals surface area contributed by atoms with E-state index in [1.807, 2.05) is 37.7 Å². The molecule has 0 saturated heterocycles. The molecule has 0 fully saturated rings. The van der Waals surface area contributed by atoms with Crippen LogP contribution in [-0.2, 0) is 13.6 Å². The Morgan fingerprint density at radius 1 is 1.39 bits per heavy atom. The third-order valence-corrected chi connectivity index (χ3v) is 3.01. The van der Waals surface area contributed by atoms with E-state index in [4.69, 9.17) is 5.26 Å². The predicted octanol–water partition coefficient (Wildman–Crippen LogP) is 1.92. The van der Waals surface area contributed by atoms with Crippen molar-refractivity contribution in [3.8, 4) is 6.07 Å². The SMILES string of the molecule is Cc1nn(C)c(C)c1CNc1ccc(C#N)nc1. The summed E-state index contributed by atoms with van der Waals surface area (Å²) in [5.41, 5.74) is 4.71. The maximum absolute atomic E-state index is 8.67. The van der Waals surface area contributed by atoms with Crippen LogP contribution in [0.25, 0.3) is 0 Å². The number of anilines is 1. The molecule has 2 aromatic rings. The van der Waals surface area contributed by atoms with E-state index in [2.05, 4.69) is 15.4 Å². The van der Waals surface area contributed by atoms with Crippen LogP contribution in [0.1, 0.15) is 22.6 Å². The summed E-state index contributed by atoms with van der Waals surface area (Å²) in [4.78, 5) is 4.02. The lowest BCUT2D eigenvalue weighted by Gasteiger charge is -2.06. The molecule has 5 nitrogen and oxygen atoms in total. The van der Waals surface area contributed by atoms with Gasteiger partial charge in [0.1, 0.15) is 11.8 Å². The second-order valence-corrected chi connectivity index (χ2v) is 4.17. The van der Waals surface area contributed by atoms with Crippen molar-refractivity contribution in [3.05, 3.63) is 41.0 Å². The Morgan fingerprint density at radius 3 is 2.67 bits per heavy atom. The van der Waals surface area contributed by atoms with E-state index in [1.54, 1.807) is 12.3 Å². The molecule has 1 N–H and O–H groups in total. The fourth-order valence-corrected chi connectivity index (χ4v) is 1.83. The molecule has 2 aromatic heterocycles. The molecule has 5 heteroatoms. The summed E-state index contributed by atoms with van der Waals surface area (Å²) in [6, 6.07) is 5.55. The van der Waals surface area contributed by atoms with Crippen molar-refractivity contribution in [2.75, 3.05) is 5.32 Å². The molecule has 92 valence electrons. The van der Waals surface area contributed by atoms with E-state index >= 15 is 0 Å². The van der Waals surface area contributed by atoms with Crippen LogP contribution in [0, 0.1) is 25.2 Å². The highest BCUT2D eigenvalue weighted by atomic mass is 15.3. The van der Waals surface area contributed by atoms with E-state index in [0.29, 0.717) is 12.2 Å². The van der Waals surface area contributed by atoms with E-state index in [9.17, 15) is 0 Å². The quantitative estimate of drug-likeness (QED) is 0.891. The maximum Gasteiger partial charge on any atom is 0.140 e. The third-order valence-electron chi connectivity index (χ3n) is 3.01. The highest BCUT2D eigenvalue weighted by Crippen LogP contribution is 2.14. The number of aromatic nitrogens is 3. The Morgan fingerprint density at radius 2 is 2.17 bits per heavy atom. The monoisotopic (exact) mass is 241 g/mol. The molecular weight excluding hydrogens is 226 g/mol. The van der Waals surface area contributed by atoms with E-state index < -0.39 is 0 Å². The van der Waals surface area contributed by atoms with Gasteiger partial charge in [-0.25, -0.2) is 4.98 Å². The fourth-order valence-electron chi connectivity index (χ4n) is 1.83. The highest BCUT2D eigenvalue weighted by molar-refractivity contribution is 5.44. The predicted molar refractivity (Wildman–Crippen MR) is 69.0 cm³/mol. The first-order valence-corrected chi connectivity index (χ1v) is 5.71. The van der Waals surface area contributed by atoms with Crippen molar-refractivity contribution < 1.29 is 0 Å². The van der Waals surface area contributed by atoms with Gasteiger partial charge in [0.2, 0.25) is 0 Å². The number of nitrogens with zero attached hydrogens (tertiary/aromatic N) is 4. The van der Waals surface area contributed by atoms with Crippen LogP contribution >= 0.6 is 0 Å². The second-order valence-electron chi connectivity index (χ2n) is 4.17. The normalized spacial score (nSPS) is 10.1. The largest absolute Gasteiger partial charge is 0.380 e. The molecule has 0 aromatic carbocycles. The Kier molecular flexibility index (Phi) is 3.28. The second kappa shape index (κ2) is 4.88. The van der Waals surface area contributed by atoms with Crippen LogP contribution in [0.4, 0.5) is 5.69 Å². The summed E-state index contributed by atoms with van der Waals surface area (Å²) < 4.78 is 1.88. The first kappa shape index (κ1) is 12.1. The summed E-state index contributed by atoms with van der Waals surface area (Å²) in [6.45, 7) is 4.76. The van der Waals surface area contributed by atoms with Gasteiger partial charge in [-0.2, -0.15) is 10.4 Å². The van der Waals surface area contributed by atoms with Crippen molar-refractivity contribution in [3.63, 3.8) is 0 Å². The highest BCUT2D eigenvalue weighted by Gasteiger charge is 2.08. The average Bonchev–Trinajstić information content (AvgIpc) is 2.62. The first-order valence-electron chi connectivity index (χ1n) is 5.71. The molecule has 0 aliphatic rings. The van der Waals surface area contributed by atoms with Gasteiger partial charge in [0.25, 0.3) is 0 Å². The Hall–Kier alpha value is -2.35. The average molecular weight is 241 g/mol. The molecule has 0 bridgehead atoms. The zero-order chi connectivity index (χ0) is 13.1. The molecule has 0 aliphatic heterocycles. The molecule has 0 radical (unpaired) electrons. The van der Waals surface area contributed by atoms with Gasteiger partial charge < -0.3 is 5.32 Å². The van der Waals surface area contributed by atoms with Gasteiger partial charge in [0.15, 0.2) is 0 Å². The number of hydrogen-bond donors (Lipinski definition) is 1. The van der Waals surface area contributed by atoms with Crippen LogP contribution in [0.15, 0.2) is 18.3 Å². The summed E-state index contributed by atoms with van der Waals surface area (Å²) in [5.74, 6) is 0. The summed E-state index contributed by atoms with van der Waals surface area (Å²) in [7, 11) is 1.94. The number of hydrogen-bond acceptors (Lipinski definition) is 4. The Balaban J connectivity index is 2.09. The van der Waals surface area contributed by atoms with Crippen LogP contribution in [0.5, 0.6) is 0 Å². The number of aryl methyl sites for hydroxylation is 2. The lowest BCUT2D eigenvalue weighted by atomic mass is 10.2. The Bertz CT molecular complexity index is 589. The van der Waals surface area contributed by atoms with E-state index in [0.717, 1.165) is 17.1 Å². The third kappa shape index (κ3) is 2.33. The van der Waals surface area contributed by atoms with Gasteiger partial charge in [-0.1, -0.05) is 0 Å². The molecule has 0 unspecified atom stereocenters. The van der Waals surface area contributed by atoms with Crippen molar-refractivity contribution in [2.24, 2.45) is 7.05 Å². The molecule has 0 saturated carbocycles. The number of rotatable bonds is 3. The summed E-state index contributed by atoms with van der Waals surface area (Å²) >= 11 is 0. The summed E-state index contributed by atoms with van der Waals surface area (Å²) in [6.07, 6.45) is 1.67. The first-order chi connectivity index (χ1) is 8.61. The van der Waals surface area contributed by atoms with Gasteiger partial charge >= 0.3 is 0 Å². The van der Waals surface area contributed by atoms with Crippen molar-refractivity contribution in [1.82, 2.24) is 14.8 Å². The molecule has 0 aliphatic carbocycles. The van der Waals surface area contributed by atoms with Gasteiger partial charge in [0, 0.05) is 24.8 Å². The van der Waals surface area contributed by atoms with Gasteiger partial charge in [0.05, 0.1) is 17.6 Å².